The highest BCUT2D eigenvalue weighted by Gasteiger charge is 2.65. The van der Waals surface area contributed by atoms with Crippen molar-refractivity contribution in [2.45, 2.75) is 53.1 Å². The van der Waals surface area contributed by atoms with Gasteiger partial charge in [-0.25, -0.2) is 4.79 Å². The van der Waals surface area contributed by atoms with Gasteiger partial charge in [0.2, 0.25) is 0 Å². The maximum absolute atomic E-state index is 11.2. The number of primary amides is 1. The van der Waals surface area contributed by atoms with Gasteiger partial charge in [0, 0.05) is 46.2 Å². The van der Waals surface area contributed by atoms with Gasteiger partial charge in [-0.2, -0.15) is 0 Å². The molecule has 2 amide bonds. The molecule has 0 radical (unpaired) electrons. The number of hydrogen-bond donors (Lipinski definition) is 2. The van der Waals surface area contributed by atoms with Gasteiger partial charge in [-0.1, -0.05) is 0 Å². The van der Waals surface area contributed by atoms with Crippen molar-refractivity contribution in [3.05, 3.63) is 0 Å². The Bertz CT molecular complexity index is 345. The van der Waals surface area contributed by atoms with Crippen LogP contribution in [0.2, 0.25) is 5.16 Å². The summed E-state index contributed by atoms with van der Waals surface area (Å²) in [5.74, 6) is 0. The Kier molecular flexibility index (Phi) is 14.2. The van der Waals surface area contributed by atoms with Gasteiger partial charge in [0.1, 0.15) is 5.16 Å². The molecule has 11 heteroatoms. The monoisotopic (exact) mass is 426 g/mol. The molecular weight excluding hydrogens is 388 g/mol. The van der Waals surface area contributed by atoms with Gasteiger partial charge in [-0.3, -0.25) is 0 Å². The predicted octanol–water partition coefficient (Wildman–Crippen LogP) is 2.05. The zero-order valence-corrected chi connectivity index (χ0v) is 19.7. The van der Waals surface area contributed by atoms with Crippen LogP contribution in [0.25, 0.3) is 0 Å². The van der Waals surface area contributed by atoms with Gasteiger partial charge in [0.05, 0.1) is 0 Å². The van der Waals surface area contributed by atoms with E-state index in [1.807, 2.05) is 41.5 Å². The van der Waals surface area contributed by atoms with E-state index in [4.69, 9.17) is 32.3 Å². The first-order chi connectivity index (χ1) is 12.9. The normalized spacial score (nSPS) is 12.6. The lowest BCUT2D eigenvalue weighted by molar-refractivity contribution is 0.0314. The van der Waals surface area contributed by atoms with Crippen LogP contribution in [0.1, 0.15) is 48.0 Å². The zero-order valence-electron chi connectivity index (χ0n) is 17.7. The van der Waals surface area contributed by atoms with Gasteiger partial charge in [0.25, 0.3) is 0 Å². The van der Waals surface area contributed by atoms with E-state index in [1.165, 1.54) is 0 Å². The lowest BCUT2D eigenvalue weighted by Gasteiger charge is -2.42. The van der Waals surface area contributed by atoms with Gasteiger partial charge in [-0.15, -0.1) is 0 Å². The minimum Gasteiger partial charge on any atom is -0.374 e. The van der Waals surface area contributed by atoms with Crippen LogP contribution < -0.4 is 11.1 Å². The first kappa shape index (κ1) is 26.5. The van der Waals surface area contributed by atoms with Gasteiger partial charge >= 0.3 is 23.6 Å². The second-order valence-corrected chi connectivity index (χ2v) is 11.6. The summed E-state index contributed by atoms with van der Waals surface area (Å²) in [6, 6.07) is -0.596. The van der Waals surface area contributed by atoms with Crippen molar-refractivity contribution in [3.8, 4) is 0 Å². The quantitative estimate of drug-likeness (QED) is 0.342. The Labute approximate surface area is 165 Å². The Morgan fingerprint density at radius 2 is 1.04 bits per heavy atom. The molecule has 162 valence electrons. The molecule has 9 nitrogen and oxygen atoms in total. The Balaban J connectivity index is 6.16. The number of urea groups is 1. The molecule has 3 N–H and O–H groups in total. The van der Waals surface area contributed by atoms with Crippen LogP contribution in [-0.4, -0.2) is 69.8 Å². The van der Waals surface area contributed by atoms with Crippen LogP contribution in [0.4, 0.5) is 4.79 Å². The number of carbonyl (C=O) groups excluding carboxylic acids is 1. The third-order valence-corrected chi connectivity index (χ3v) is 12.2. The average molecular weight is 427 g/mol. The molecule has 0 aliphatic carbocycles. The average Bonchev–Trinajstić information content (AvgIpc) is 2.59. The van der Waals surface area contributed by atoms with Crippen LogP contribution in [0.3, 0.4) is 0 Å². The van der Waals surface area contributed by atoms with Crippen molar-refractivity contribution < 1.29 is 31.4 Å². The molecule has 0 saturated carbocycles. The van der Waals surface area contributed by atoms with Crippen molar-refractivity contribution in [3.63, 3.8) is 0 Å². The Hall–Kier alpha value is -0.536. The number of nitrogens with one attached hydrogen (secondary N) is 1. The molecule has 0 aromatic carbocycles. The number of rotatable bonds is 17. The fourth-order valence-electron chi connectivity index (χ4n) is 2.97. The summed E-state index contributed by atoms with van der Waals surface area (Å²) in [6.07, 6.45) is 0.446. The fourth-order valence-corrected chi connectivity index (χ4v) is 11.3. The molecule has 0 saturated heterocycles. The fraction of sp³-hybridized carbons (Fsp3) is 0.938. The van der Waals surface area contributed by atoms with Gasteiger partial charge in [0.15, 0.2) is 0 Å². The third-order valence-electron chi connectivity index (χ3n) is 3.66. The highest BCUT2D eigenvalue weighted by molar-refractivity contribution is 6.82. The summed E-state index contributed by atoms with van der Waals surface area (Å²) in [4.78, 5) is 11.2. The number of carbonyl (C=O) groups is 1. The van der Waals surface area contributed by atoms with E-state index >= 15 is 0 Å². The van der Waals surface area contributed by atoms with Crippen molar-refractivity contribution in [2.75, 3.05) is 46.2 Å². The predicted molar refractivity (Wildman–Crippen MR) is 107 cm³/mol. The molecule has 0 rings (SSSR count). The van der Waals surface area contributed by atoms with Crippen LogP contribution in [0.15, 0.2) is 0 Å². The van der Waals surface area contributed by atoms with E-state index in [-0.39, 0.29) is 0 Å². The lowest BCUT2D eigenvalue weighted by Crippen LogP contribution is -2.64. The minimum absolute atomic E-state index is 0.309. The maximum Gasteiger partial charge on any atom is 0.508 e. The first-order valence-corrected chi connectivity index (χ1v) is 13.4. The van der Waals surface area contributed by atoms with Gasteiger partial charge < -0.3 is 37.6 Å². The molecular formula is C16H38N2O7Si2. The molecule has 0 spiro atoms. The highest BCUT2D eigenvalue weighted by atomic mass is 28.5. The second kappa shape index (κ2) is 14.5. The summed E-state index contributed by atoms with van der Waals surface area (Å²) >= 11 is 0. The smallest absolute Gasteiger partial charge is 0.374 e. The molecule has 0 atom stereocenters. The summed E-state index contributed by atoms with van der Waals surface area (Å²) in [6.45, 7) is 14.2. The molecule has 0 bridgehead atoms. The maximum atomic E-state index is 11.2. The van der Waals surface area contributed by atoms with E-state index in [2.05, 4.69) is 5.32 Å². The Morgan fingerprint density at radius 1 is 0.741 bits per heavy atom. The summed E-state index contributed by atoms with van der Waals surface area (Å²) in [5, 5.41) is 2.23. The van der Waals surface area contributed by atoms with E-state index in [0.29, 0.717) is 52.6 Å². The lowest BCUT2D eigenvalue weighted by atomic mass is 10.5. The van der Waals surface area contributed by atoms with Crippen molar-refractivity contribution in [2.24, 2.45) is 5.73 Å². The topological polar surface area (TPSA) is 111 Å². The molecule has 0 fully saturated rings. The molecule has 0 aromatic heterocycles. The van der Waals surface area contributed by atoms with Crippen LogP contribution in [-0.2, 0) is 26.6 Å². The zero-order chi connectivity index (χ0) is 20.8. The van der Waals surface area contributed by atoms with Crippen LogP contribution in [0.5, 0.6) is 0 Å². The molecule has 0 aliphatic rings. The Morgan fingerprint density at radius 3 is 1.26 bits per heavy atom. The standard InChI is InChI=1S/C16H38N2O7Si2/c1-7-20-26(21-8-2,22-9-3)15(13-14-18-16(17)19)27(23-10-4,24-11-5)25-12-6/h15H,7-14H2,1-6H3,(H3,17,18,19). The summed E-state index contributed by atoms with van der Waals surface area (Å²) in [5.41, 5.74) is 5.23. The first-order valence-electron chi connectivity index (χ1n) is 9.78. The minimum atomic E-state index is -3.25. The van der Waals surface area contributed by atoms with E-state index < -0.39 is 28.8 Å². The molecule has 0 aromatic rings. The van der Waals surface area contributed by atoms with Gasteiger partial charge in [-0.05, 0) is 48.0 Å². The molecule has 0 unspecified atom stereocenters. The molecule has 0 heterocycles. The third kappa shape index (κ3) is 8.15. The van der Waals surface area contributed by atoms with E-state index in [9.17, 15) is 4.79 Å². The SMILES string of the molecule is CCO[Si](OCC)(OCC)C(CCNC(N)=O)[Si](OCC)(OCC)OCC. The molecule has 27 heavy (non-hydrogen) atoms. The van der Waals surface area contributed by atoms with E-state index in [1.54, 1.807) is 0 Å². The summed E-state index contributed by atoms with van der Waals surface area (Å²) < 4.78 is 36.7. The number of amides is 2. The van der Waals surface area contributed by atoms with E-state index in [0.717, 1.165) is 0 Å². The summed E-state index contributed by atoms with van der Waals surface area (Å²) in [7, 11) is -6.50. The highest BCUT2D eigenvalue weighted by Crippen LogP contribution is 2.39. The number of nitrogens with two attached hydrogens (primary N) is 1. The van der Waals surface area contributed by atoms with Crippen LogP contribution in [0, 0.1) is 0 Å². The second-order valence-electron chi connectivity index (χ2n) is 5.44. The molecule has 0 aliphatic heterocycles. The number of hydrogen-bond acceptors (Lipinski definition) is 7. The van der Waals surface area contributed by atoms with Crippen LogP contribution >= 0.6 is 0 Å². The largest absolute Gasteiger partial charge is 0.508 e. The van der Waals surface area contributed by atoms with Crippen molar-refractivity contribution in [1.29, 1.82) is 0 Å². The van der Waals surface area contributed by atoms with Crippen molar-refractivity contribution >= 4 is 23.6 Å². The van der Waals surface area contributed by atoms with Crippen molar-refractivity contribution in [1.82, 2.24) is 5.32 Å².